The number of hydrogen-bond acceptors (Lipinski definition) is 5. The van der Waals surface area contributed by atoms with Crippen LogP contribution in [0.25, 0.3) is 23.3 Å². The lowest BCUT2D eigenvalue weighted by atomic mass is 9.86. The Hall–Kier alpha value is -4.42. The summed E-state index contributed by atoms with van der Waals surface area (Å²) in [5.41, 5.74) is 3.61. The summed E-state index contributed by atoms with van der Waals surface area (Å²) in [5.74, 6) is 0.531. The van der Waals surface area contributed by atoms with E-state index in [4.69, 9.17) is 9.47 Å². The fourth-order valence-electron chi connectivity index (χ4n) is 4.21. The molecule has 5 nitrogen and oxygen atoms in total. The van der Waals surface area contributed by atoms with Crippen LogP contribution in [-0.4, -0.2) is 30.9 Å². The van der Waals surface area contributed by atoms with E-state index in [0.29, 0.717) is 28.0 Å². The molecule has 6 heteroatoms. The molecule has 0 radical (unpaired) electrons. The molecule has 0 spiro atoms. The van der Waals surface area contributed by atoms with Gasteiger partial charge in [-0.05, 0) is 83.8 Å². The smallest absolute Gasteiger partial charge is 0.190 e. The first-order chi connectivity index (χ1) is 18.8. The van der Waals surface area contributed by atoms with Gasteiger partial charge in [0, 0.05) is 15.6 Å². The molecule has 0 aliphatic heterocycles. The van der Waals surface area contributed by atoms with E-state index >= 15 is 0 Å². The second-order valence-electron chi connectivity index (χ2n) is 8.79. The van der Waals surface area contributed by atoms with E-state index in [2.05, 4.69) is 15.9 Å². The number of allylic oxidation sites excluding steroid dienone is 2. The number of phenols is 1. The Balaban J connectivity index is 1.80. The number of hydrogen-bond donors (Lipinski definition) is 1. The number of phenolic OH excluding ortho intramolecular Hbond substituents is 1. The summed E-state index contributed by atoms with van der Waals surface area (Å²) in [4.78, 5) is 27.1. The van der Waals surface area contributed by atoms with Crippen LogP contribution in [0.3, 0.4) is 0 Å². The summed E-state index contributed by atoms with van der Waals surface area (Å²) in [6.07, 6.45) is 6.25. The lowest BCUT2D eigenvalue weighted by molar-refractivity contribution is 0.104. The first-order valence-corrected chi connectivity index (χ1v) is 13.0. The standard InChI is InChI=1S/C33H27BrO5/c1-21-20-30(37)33(29(36)19-9-23-6-16-27(39-3)17-7-23)32(24-10-12-25(34)13-11-24)31(21)28(35)18-8-22-4-14-26(38-2)15-5-22/h4-20,37H,1-3H3/b18-8+,19-9+. The van der Waals surface area contributed by atoms with Crippen molar-refractivity contribution in [2.24, 2.45) is 0 Å². The summed E-state index contributed by atoms with van der Waals surface area (Å²) in [5, 5.41) is 11.0. The minimum Gasteiger partial charge on any atom is -0.507 e. The third kappa shape index (κ3) is 6.54. The Kier molecular flexibility index (Phi) is 8.79. The van der Waals surface area contributed by atoms with Crippen molar-refractivity contribution in [2.45, 2.75) is 6.92 Å². The van der Waals surface area contributed by atoms with Gasteiger partial charge in [-0.25, -0.2) is 0 Å². The summed E-state index contributed by atoms with van der Waals surface area (Å²) >= 11 is 3.44. The van der Waals surface area contributed by atoms with Crippen molar-refractivity contribution in [3.63, 3.8) is 0 Å². The van der Waals surface area contributed by atoms with Gasteiger partial charge in [0.05, 0.1) is 19.8 Å². The number of carbonyl (C=O) groups is 2. The van der Waals surface area contributed by atoms with Gasteiger partial charge in [-0.2, -0.15) is 0 Å². The first-order valence-electron chi connectivity index (χ1n) is 12.2. The molecule has 0 unspecified atom stereocenters. The highest BCUT2D eigenvalue weighted by atomic mass is 79.9. The SMILES string of the molecule is COc1ccc(/C=C/C(=O)c2c(C)cc(O)c(C(=O)/C=C/c3ccc(OC)cc3)c2-c2ccc(Br)cc2)cc1. The third-order valence-electron chi connectivity index (χ3n) is 6.22. The van der Waals surface area contributed by atoms with Crippen molar-refractivity contribution in [3.05, 3.63) is 123 Å². The molecule has 0 saturated heterocycles. The van der Waals surface area contributed by atoms with E-state index in [-0.39, 0.29) is 17.1 Å². The van der Waals surface area contributed by atoms with Crippen molar-refractivity contribution in [2.75, 3.05) is 14.2 Å². The molecule has 0 amide bonds. The van der Waals surface area contributed by atoms with Gasteiger partial charge in [-0.15, -0.1) is 0 Å². The lowest BCUT2D eigenvalue weighted by Crippen LogP contribution is -2.08. The van der Waals surface area contributed by atoms with E-state index in [1.807, 2.05) is 60.7 Å². The maximum Gasteiger partial charge on any atom is 0.190 e. The minimum atomic E-state index is -0.422. The molecule has 0 aliphatic rings. The quantitative estimate of drug-likeness (QED) is 0.160. The molecule has 0 heterocycles. The summed E-state index contributed by atoms with van der Waals surface area (Å²) in [7, 11) is 3.18. The number of carbonyl (C=O) groups excluding carboxylic acids is 2. The molecule has 39 heavy (non-hydrogen) atoms. The minimum absolute atomic E-state index is 0.0638. The average molecular weight is 583 g/mol. The van der Waals surface area contributed by atoms with Gasteiger partial charge in [0.25, 0.3) is 0 Å². The maximum atomic E-state index is 13.6. The summed E-state index contributed by atoms with van der Waals surface area (Å²) in [6.45, 7) is 1.75. The van der Waals surface area contributed by atoms with Crippen LogP contribution < -0.4 is 9.47 Å². The molecule has 4 rings (SSSR count). The van der Waals surface area contributed by atoms with Gasteiger partial charge in [-0.1, -0.05) is 64.5 Å². The van der Waals surface area contributed by atoms with Crippen LogP contribution in [0.4, 0.5) is 0 Å². The highest BCUT2D eigenvalue weighted by Gasteiger charge is 2.24. The van der Waals surface area contributed by atoms with Gasteiger partial charge in [0.15, 0.2) is 11.6 Å². The second-order valence-corrected chi connectivity index (χ2v) is 9.70. The molecule has 0 aliphatic carbocycles. The van der Waals surface area contributed by atoms with Crippen LogP contribution in [0.15, 0.2) is 95.5 Å². The zero-order valence-electron chi connectivity index (χ0n) is 21.8. The van der Waals surface area contributed by atoms with Gasteiger partial charge >= 0.3 is 0 Å². The van der Waals surface area contributed by atoms with Crippen molar-refractivity contribution < 1.29 is 24.2 Å². The molecule has 196 valence electrons. The zero-order chi connectivity index (χ0) is 27.9. The largest absolute Gasteiger partial charge is 0.507 e. The molecule has 0 atom stereocenters. The van der Waals surface area contributed by atoms with Crippen LogP contribution in [0.2, 0.25) is 0 Å². The van der Waals surface area contributed by atoms with Gasteiger partial charge in [0.1, 0.15) is 17.2 Å². The monoisotopic (exact) mass is 582 g/mol. The van der Waals surface area contributed by atoms with Crippen molar-refractivity contribution in [1.29, 1.82) is 0 Å². The Bertz CT molecular complexity index is 1450. The highest BCUT2D eigenvalue weighted by molar-refractivity contribution is 9.10. The predicted octanol–water partition coefficient (Wildman–Crippen LogP) is 7.94. The van der Waals surface area contributed by atoms with E-state index in [9.17, 15) is 14.7 Å². The molecular formula is C33H27BrO5. The molecule has 0 saturated carbocycles. The van der Waals surface area contributed by atoms with Crippen molar-refractivity contribution in [1.82, 2.24) is 0 Å². The third-order valence-corrected chi connectivity index (χ3v) is 6.74. The zero-order valence-corrected chi connectivity index (χ0v) is 23.4. The van der Waals surface area contributed by atoms with Crippen molar-refractivity contribution in [3.8, 4) is 28.4 Å². The fourth-order valence-corrected chi connectivity index (χ4v) is 4.48. The van der Waals surface area contributed by atoms with Crippen molar-refractivity contribution >= 4 is 39.6 Å². The molecule has 0 aromatic heterocycles. The Morgan fingerprint density at radius 3 is 1.64 bits per heavy atom. The number of benzene rings is 4. The van der Waals surface area contributed by atoms with E-state index in [0.717, 1.165) is 21.3 Å². The molecule has 1 N–H and O–H groups in total. The summed E-state index contributed by atoms with van der Waals surface area (Å²) < 4.78 is 11.2. The molecule has 4 aromatic carbocycles. The fraction of sp³-hybridized carbons (Fsp3) is 0.0909. The lowest BCUT2D eigenvalue weighted by Gasteiger charge is -2.17. The van der Waals surface area contributed by atoms with Crippen LogP contribution in [0, 0.1) is 6.92 Å². The number of ketones is 2. The van der Waals surface area contributed by atoms with Gasteiger partial charge in [0.2, 0.25) is 0 Å². The summed E-state index contributed by atoms with van der Waals surface area (Å²) in [6, 6.07) is 23.3. The highest BCUT2D eigenvalue weighted by Crippen LogP contribution is 2.38. The Morgan fingerprint density at radius 2 is 1.18 bits per heavy atom. The van der Waals surface area contributed by atoms with E-state index in [1.54, 1.807) is 45.4 Å². The van der Waals surface area contributed by atoms with Gasteiger partial charge in [-0.3, -0.25) is 9.59 Å². The van der Waals surface area contributed by atoms with Crippen LogP contribution >= 0.6 is 15.9 Å². The maximum absolute atomic E-state index is 13.6. The number of aromatic hydroxyl groups is 1. The Morgan fingerprint density at radius 1 is 0.718 bits per heavy atom. The van der Waals surface area contributed by atoms with E-state index in [1.165, 1.54) is 18.2 Å². The normalized spacial score (nSPS) is 11.2. The van der Waals surface area contributed by atoms with E-state index < -0.39 is 5.78 Å². The average Bonchev–Trinajstić information content (AvgIpc) is 2.95. The number of rotatable bonds is 9. The van der Waals surface area contributed by atoms with Crippen LogP contribution in [-0.2, 0) is 0 Å². The number of methoxy groups -OCH3 is 2. The van der Waals surface area contributed by atoms with Crippen LogP contribution in [0.5, 0.6) is 17.2 Å². The van der Waals surface area contributed by atoms with Gasteiger partial charge < -0.3 is 14.6 Å². The molecular weight excluding hydrogens is 556 g/mol. The first kappa shape index (κ1) is 27.6. The second kappa shape index (κ2) is 12.4. The Labute approximate surface area is 236 Å². The number of ether oxygens (including phenoxy) is 2. The number of aryl methyl sites for hydroxylation is 1. The molecule has 0 bridgehead atoms. The molecule has 0 fully saturated rings. The molecule has 4 aromatic rings. The predicted molar refractivity (Wildman–Crippen MR) is 159 cm³/mol. The van der Waals surface area contributed by atoms with Crippen LogP contribution in [0.1, 0.15) is 37.4 Å². The number of halogens is 1. The topological polar surface area (TPSA) is 72.8 Å².